The van der Waals surface area contributed by atoms with Crippen molar-refractivity contribution in [3.05, 3.63) is 55.4 Å². The van der Waals surface area contributed by atoms with Crippen LogP contribution in [0, 0.1) is 19.7 Å². The summed E-state index contributed by atoms with van der Waals surface area (Å²) < 4.78 is 14.1. The van der Waals surface area contributed by atoms with Crippen LogP contribution in [-0.4, -0.2) is 0 Å². The highest BCUT2D eigenvalue weighted by atomic mass is 79.9. The highest BCUT2D eigenvalue weighted by molar-refractivity contribution is 9.10. The van der Waals surface area contributed by atoms with E-state index in [1.807, 2.05) is 0 Å². The molecule has 0 saturated carbocycles. The van der Waals surface area contributed by atoms with Crippen molar-refractivity contribution < 1.29 is 4.39 Å². The van der Waals surface area contributed by atoms with E-state index in [0.29, 0.717) is 6.42 Å². The Labute approximate surface area is 119 Å². The van der Waals surface area contributed by atoms with Crippen LogP contribution in [0.1, 0.15) is 26.9 Å². The van der Waals surface area contributed by atoms with Crippen LogP contribution in [0.3, 0.4) is 0 Å². The number of halogens is 2. The molecule has 0 fully saturated rings. The molecule has 0 saturated heterocycles. The van der Waals surface area contributed by atoms with Crippen LogP contribution in [0.4, 0.5) is 4.39 Å². The van der Waals surface area contributed by atoms with Crippen LogP contribution >= 0.6 is 27.3 Å². The molecule has 96 valence electrons. The van der Waals surface area contributed by atoms with E-state index in [-0.39, 0.29) is 11.9 Å². The first kappa shape index (κ1) is 13.7. The quantitative estimate of drug-likeness (QED) is 0.881. The Balaban J connectivity index is 2.20. The van der Waals surface area contributed by atoms with Gasteiger partial charge < -0.3 is 5.73 Å². The van der Waals surface area contributed by atoms with Crippen molar-refractivity contribution in [1.82, 2.24) is 0 Å². The first-order valence-electron chi connectivity index (χ1n) is 5.74. The van der Waals surface area contributed by atoms with Crippen molar-refractivity contribution in [1.29, 1.82) is 0 Å². The van der Waals surface area contributed by atoms with Gasteiger partial charge in [0.2, 0.25) is 0 Å². The molecule has 2 rings (SSSR count). The molecule has 1 unspecified atom stereocenters. The molecular weight excluding hydrogens is 313 g/mol. The fourth-order valence-electron chi connectivity index (χ4n) is 1.82. The Kier molecular flexibility index (Phi) is 4.20. The van der Waals surface area contributed by atoms with Crippen molar-refractivity contribution in [2.75, 3.05) is 0 Å². The lowest BCUT2D eigenvalue weighted by Gasteiger charge is -2.11. The van der Waals surface area contributed by atoms with Crippen molar-refractivity contribution >= 4 is 27.3 Å². The molecular formula is C14H15BrFNS. The number of benzene rings is 1. The molecule has 0 aliphatic heterocycles. The van der Waals surface area contributed by atoms with E-state index >= 15 is 0 Å². The van der Waals surface area contributed by atoms with Gasteiger partial charge in [0, 0.05) is 20.3 Å². The zero-order valence-electron chi connectivity index (χ0n) is 10.3. The molecule has 0 amide bonds. The number of nitrogens with two attached hydrogens (primary N) is 1. The Morgan fingerprint density at radius 1 is 1.33 bits per heavy atom. The lowest BCUT2D eigenvalue weighted by Crippen LogP contribution is -2.12. The van der Waals surface area contributed by atoms with E-state index in [1.54, 1.807) is 17.4 Å². The summed E-state index contributed by atoms with van der Waals surface area (Å²) in [6.45, 7) is 4.18. The molecule has 0 bridgehead atoms. The summed E-state index contributed by atoms with van der Waals surface area (Å²) in [5, 5.41) is 0. The number of rotatable bonds is 3. The molecule has 2 N–H and O–H groups in total. The van der Waals surface area contributed by atoms with E-state index < -0.39 is 0 Å². The van der Waals surface area contributed by atoms with Crippen LogP contribution in [0.15, 0.2) is 28.7 Å². The van der Waals surface area contributed by atoms with Gasteiger partial charge in [-0.2, -0.15) is 0 Å². The lowest BCUT2D eigenvalue weighted by atomic mass is 10.0. The molecule has 0 spiro atoms. The second-order valence-corrected chi connectivity index (χ2v) is 6.58. The Morgan fingerprint density at radius 3 is 2.67 bits per heavy atom. The molecule has 0 aliphatic rings. The fourth-order valence-corrected chi connectivity index (χ4v) is 3.27. The molecule has 1 nitrogen and oxygen atoms in total. The maximum Gasteiger partial charge on any atom is 0.123 e. The van der Waals surface area contributed by atoms with Gasteiger partial charge >= 0.3 is 0 Å². The number of thiophene rings is 1. The standard InChI is InChI=1S/C14H15BrFNS/c1-8-5-14(18-9(8)2)13(17)7-10-6-11(16)3-4-12(10)15/h3-6,13H,7,17H2,1-2H3. The van der Waals surface area contributed by atoms with E-state index in [9.17, 15) is 4.39 Å². The third-order valence-corrected chi connectivity index (χ3v) is 5.06. The van der Waals surface area contributed by atoms with E-state index in [4.69, 9.17) is 5.73 Å². The van der Waals surface area contributed by atoms with Gasteiger partial charge in [-0.25, -0.2) is 4.39 Å². The zero-order valence-corrected chi connectivity index (χ0v) is 12.7. The monoisotopic (exact) mass is 327 g/mol. The Morgan fingerprint density at radius 2 is 2.06 bits per heavy atom. The lowest BCUT2D eigenvalue weighted by molar-refractivity contribution is 0.622. The van der Waals surface area contributed by atoms with Gasteiger partial charge in [-0.15, -0.1) is 11.3 Å². The van der Waals surface area contributed by atoms with Gasteiger partial charge in [-0.3, -0.25) is 0 Å². The van der Waals surface area contributed by atoms with E-state index in [0.717, 1.165) is 14.9 Å². The molecule has 0 aliphatic carbocycles. The Bertz CT molecular complexity index is 545. The van der Waals surface area contributed by atoms with Gasteiger partial charge in [0.1, 0.15) is 5.82 Å². The van der Waals surface area contributed by atoms with Gasteiger partial charge in [0.05, 0.1) is 0 Å². The molecule has 1 atom stereocenters. The third-order valence-electron chi connectivity index (χ3n) is 3.00. The smallest absolute Gasteiger partial charge is 0.123 e. The third kappa shape index (κ3) is 2.99. The maximum absolute atomic E-state index is 13.2. The molecule has 1 aromatic heterocycles. The summed E-state index contributed by atoms with van der Waals surface area (Å²) in [5.41, 5.74) is 8.37. The summed E-state index contributed by atoms with van der Waals surface area (Å²) in [6, 6.07) is 6.75. The summed E-state index contributed by atoms with van der Waals surface area (Å²) in [6.07, 6.45) is 0.637. The molecule has 1 heterocycles. The summed E-state index contributed by atoms with van der Waals surface area (Å²) in [7, 11) is 0. The van der Waals surface area contributed by atoms with E-state index in [2.05, 4.69) is 35.8 Å². The number of hydrogen-bond donors (Lipinski definition) is 1. The predicted octanol–water partition coefficient (Wildman–Crippen LogP) is 4.51. The summed E-state index contributed by atoms with van der Waals surface area (Å²) >= 11 is 5.15. The Hall–Kier alpha value is -0.710. The van der Waals surface area contributed by atoms with Crippen molar-refractivity contribution in [3.63, 3.8) is 0 Å². The zero-order chi connectivity index (χ0) is 13.3. The predicted molar refractivity (Wildman–Crippen MR) is 78.5 cm³/mol. The van der Waals surface area contributed by atoms with E-state index in [1.165, 1.54) is 22.6 Å². The molecule has 0 radical (unpaired) electrons. The summed E-state index contributed by atoms with van der Waals surface area (Å²) in [5.74, 6) is -0.223. The fraction of sp³-hybridized carbons (Fsp3) is 0.286. The maximum atomic E-state index is 13.2. The highest BCUT2D eigenvalue weighted by Gasteiger charge is 2.13. The first-order chi connectivity index (χ1) is 8.47. The van der Waals surface area contributed by atoms with Crippen molar-refractivity contribution in [2.45, 2.75) is 26.3 Å². The van der Waals surface area contributed by atoms with Crippen molar-refractivity contribution in [2.24, 2.45) is 5.73 Å². The van der Waals surface area contributed by atoms with Crippen LogP contribution in [0.5, 0.6) is 0 Å². The molecule has 2 aromatic rings. The van der Waals surface area contributed by atoms with Crippen LogP contribution in [-0.2, 0) is 6.42 Å². The minimum Gasteiger partial charge on any atom is -0.323 e. The minimum absolute atomic E-state index is 0.0829. The number of aryl methyl sites for hydroxylation is 2. The second-order valence-electron chi connectivity index (χ2n) is 4.43. The average Bonchev–Trinajstić information content (AvgIpc) is 2.64. The summed E-state index contributed by atoms with van der Waals surface area (Å²) in [4.78, 5) is 2.44. The highest BCUT2D eigenvalue weighted by Crippen LogP contribution is 2.29. The number of hydrogen-bond acceptors (Lipinski definition) is 2. The second kappa shape index (κ2) is 5.51. The SMILES string of the molecule is Cc1cc(C(N)Cc2cc(F)ccc2Br)sc1C. The minimum atomic E-state index is -0.223. The van der Waals surface area contributed by atoms with Crippen LogP contribution < -0.4 is 5.73 Å². The van der Waals surface area contributed by atoms with Crippen molar-refractivity contribution in [3.8, 4) is 0 Å². The molecule has 4 heteroatoms. The molecule has 1 aromatic carbocycles. The van der Waals surface area contributed by atoms with Crippen LogP contribution in [0.2, 0.25) is 0 Å². The topological polar surface area (TPSA) is 26.0 Å². The van der Waals surface area contributed by atoms with Gasteiger partial charge in [0.15, 0.2) is 0 Å². The largest absolute Gasteiger partial charge is 0.323 e. The van der Waals surface area contributed by atoms with Gasteiger partial charge in [-0.1, -0.05) is 15.9 Å². The average molecular weight is 328 g/mol. The van der Waals surface area contributed by atoms with Gasteiger partial charge in [-0.05, 0) is 55.7 Å². The van der Waals surface area contributed by atoms with Gasteiger partial charge in [0.25, 0.3) is 0 Å². The first-order valence-corrected chi connectivity index (χ1v) is 7.34. The normalized spacial score (nSPS) is 12.7. The molecule has 18 heavy (non-hydrogen) atoms. The van der Waals surface area contributed by atoms with Crippen LogP contribution in [0.25, 0.3) is 0 Å².